The van der Waals surface area contributed by atoms with Gasteiger partial charge in [0.15, 0.2) is 6.29 Å². The maximum atomic E-state index is 10.1. The number of thiazole rings is 1. The van der Waals surface area contributed by atoms with E-state index >= 15 is 0 Å². The van der Waals surface area contributed by atoms with Crippen LogP contribution in [0.4, 0.5) is 4.79 Å². The molecule has 0 bridgehead atoms. The van der Waals surface area contributed by atoms with Crippen molar-refractivity contribution in [3.8, 4) is 5.19 Å². The van der Waals surface area contributed by atoms with Crippen LogP contribution in [0, 0.1) is 0 Å². The molecule has 5 nitrogen and oxygen atoms in total. The minimum atomic E-state index is -0.934. The number of carbonyl (C=O) groups is 2. The number of rotatable bonds is 2. The summed E-state index contributed by atoms with van der Waals surface area (Å²) in [5, 5.41) is 1.55. The van der Waals surface area contributed by atoms with E-state index in [4.69, 9.17) is 5.73 Å². The number of nitrogens with two attached hydrogens (primary N) is 1. The van der Waals surface area contributed by atoms with Crippen molar-refractivity contribution in [2.75, 3.05) is 0 Å². The maximum Gasteiger partial charge on any atom is 0.411 e. The van der Waals surface area contributed by atoms with Crippen molar-refractivity contribution in [3.63, 3.8) is 0 Å². The Balaban J connectivity index is 2.72. The fourth-order valence-electron chi connectivity index (χ4n) is 0.456. The number of ether oxygens (including phenoxy) is 1. The summed E-state index contributed by atoms with van der Waals surface area (Å²) in [7, 11) is 0. The Morgan fingerprint density at radius 1 is 1.82 bits per heavy atom. The van der Waals surface area contributed by atoms with E-state index < -0.39 is 6.09 Å². The van der Waals surface area contributed by atoms with Gasteiger partial charge < -0.3 is 10.5 Å². The Morgan fingerprint density at radius 2 is 2.55 bits per heavy atom. The third-order valence-corrected chi connectivity index (χ3v) is 1.55. The van der Waals surface area contributed by atoms with Gasteiger partial charge in [-0.15, -0.1) is 0 Å². The van der Waals surface area contributed by atoms with Crippen LogP contribution < -0.4 is 10.5 Å². The molecular formula is C5H4N2O3S. The van der Waals surface area contributed by atoms with Crippen LogP contribution in [0.15, 0.2) is 5.38 Å². The summed E-state index contributed by atoms with van der Waals surface area (Å²) in [5.74, 6) is 0. The van der Waals surface area contributed by atoms with Crippen LogP contribution in [0.1, 0.15) is 10.5 Å². The van der Waals surface area contributed by atoms with Gasteiger partial charge in [-0.1, -0.05) is 11.3 Å². The molecule has 1 rings (SSSR count). The Labute approximate surface area is 65.8 Å². The third kappa shape index (κ3) is 2.01. The number of hydrogen-bond acceptors (Lipinski definition) is 5. The number of primary amides is 1. The zero-order valence-electron chi connectivity index (χ0n) is 5.31. The molecule has 0 aliphatic carbocycles. The van der Waals surface area contributed by atoms with E-state index in [1.165, 1.54) is 5.38 Å². The number of nitrogens with zero attached hydrogens (tertiary/aromatic N) is 1. The van der Waals surface area contributed by atoms with Crippen LogP contribution in [-0.2, 0) is 0 Å². The van der Waals surface area contributed by atoms with E-state index in [9.17, 15) is 9.59 Å². The SMILES string of the molecule is NC(=O)Oc1nc(C=O)cs1. The van der Waals surface area contributed by atoms with Gasteiger partial charge in [0, 0.05) is 5.38 Å². The molecule has 1 heterocycles. The molecule has 1 amide bonds. The summed E-state index contributed by atoms with van der Waals surface area (Å²) in [4.78, 5) is 23.8. The van der Waals surface area contributed by atoms with E-state index in [1.54, 1.807) is 0 Å². The first-order chi connectivity index (χ1) is 5.22. The van der Waals surface area contributed by atoms with Gasteiger partial charge in [0.2, 0.25) is 0 Å². The first-order valence-electron chi connectivity index (χ1n) is 2.60. The van der Waals surface area contributed by atoms with Crippen LogP contribution in [0.2, 0.25) is 0 Å². The Hall–Kier alpha value is -1.43. The van der Waals surface area contributed by atoms with Gasteiger partial charge in [-0.05, 0) is 0 Å². The molecule has 1 aromatic heterocycles. The normalized spacial score (nSPS) is 9.09. The number of carbonyl (C=O) groups excluding carboxylic acids is 2. The second-order valence-electron chi connectivity index (χ2n) is 1.58. The lowest BCUT2D eigenvalue weighted by Gasteiger charge is -1.90. The van der Waals surface area contributed by atoms with Gasteiger partial charge in [-0.3, -0.25) is 4.79 Å². The average Bonchev–Trinajstić information content (AvgIpc) is 2.34. The fourth-order valence-corrected chi connectivity index (χ4v) is 1.07. The first-order valence-corrected chi connectivity index (χ1v) is 3.48. The Kier molecular flexibility index (Phi) is 2.17. The van der Waals surface area contributed by atoms with Crippen LogP contribution >= 0.6 is 11.3 Å². The predicted molar refractivity (Wildman–Crippen MR) is 37.7 cm³/mol. The lowest BCUT2D eigenvalue weighted by atomic mass is 10.6. The van der Waals surface area contributed by atoms with Gasteiger partial charge in [0.25, 0.3) is 5.19 Å². The van der Waals surface area contributed by atoms with Gasteiger partial charge in [-0.25, -0.2) is 4.79 Å². The van der Waals surface area contributed by atoms with E-state index in [0.29, 0.717) is 6.29 Å². The summed E-state index contributed by atoms with van der Waals surface area (Å²) < 4.78 is 4.38. The number of amides is 1. The topological polar surface area (TPSA) is 82.3 Å². The van der Waals surface area contributed by atoms with Crippen molar-refractivity contribution in [1.29, 1.82) is 0 Å². The molecule has 0 aromatic carbocycles. The minimum Gasteiger partial charge on any atom is -0.381 e. The Bertz CT molecular complexity index is 283. The monoisotopic (exact) mass is 172 g/mol. The lowest BCUT2D eigenvalue weighted by molar-refractivity contribution is 0.111. The van der Waals surface area contributed by atoms with Gasteiger partial charge in [-0.2, -0.15) is 4.98 Å². The third-order valence-electron chi connectivity index (χ3n) is 0.810. The minimum absolute atomic E-state index is 0.0830. The molecule has 2 N–H and O–H groups in total. The van der Waals surface area contributed by atoms with Crippen LogP contribution in [-0.4, -0.2) is 17.4 Å². The fraction of sp³-hybridized carbons (Fsp3) is 0. The highest BCUT2D eigenvalue weighted by Crippen LogP contribution is 2.16. The van der Waals surface area contributed by atoms with E-state index in [2.05, 4.69) is 9.72 Å². The first kappa shape index (κ1) is 7.67. The van der Waals surface area contributed by atoms with E-state index in [1.807, 2.05) is 0 Å². The lowest BCUT2D eigenvalue weighted by Crippen LogP contribution is -2.16. The molecular weight excluding hydrogens is 168 g/mol. The molecule has 58 valence electrons. The van der Waals surface area contributed by atoms with Crippen LogP contribution in [0.3, 0.4) is 0 Å². The van der Waals surface area contributed by atoms with Gasteiger partial charge in [0.1, 0.15) is 5.69 Å². The zero-order valence-corrected chi connectivity index (χ0v) is 6.13. The quantitative estimate of drug-likeness (QED) is 0.655. The van der Waals surface area contributed by atoms with Gasteiger partial charge in [0.05, 0.1) is 0 Å². The second-order valence-corrected chi connectivity index (χ2v) is 2.40. The molecule has 0 unspecified atom stereocenters. The van der Waals surface area contributed by atoms with Crippen LogP contribution in [0.5, 0.6) is 5.19 Å². The molecule has 0 saturated carbocycles. The second kappa shape index (κ2) is 3.11. The molecule has 0 aliphatic heterocycles. The molecule has 0 spiro atoms. The molecule has 6 heteroatoms. The molecule has 0 radical (unpaired) electrons. The number of hydrogen-bond donors (Lipinski definition) is 1. The summed E-state index contributed by atoms with van der Waals surface area (Å²) in [6.45, 7) is 0. The predicted octanol–water partition coefficient (Wildman–Crippen LogP) is 0.413. The number of aldehydes is 1. The highest BCUT2D eigenvalue weighted by molar-refractivity contribution is 7.11. The standard InChI is InChI=1S/C5H4N2O3S/c6-4(9)10-5-7-3(1-8)2-11-5/h1-2H,(H2,6,9). The highest BCUT2D eigenvalue weighted by Gasteiger charge is 2.03. The zero-order chi connectivity index (χ0) is 8.27. The van der Waals surface area contributed by atoms with Crippen molar-refractivity contribution in [1.82, 2.24) is 4.98 Å². The molecule has 0 fully saturated rings. The maximum absolute atomic E-state index is 10.1. The van der Waals surface area contributed by atoms with Crippen molar-refractivity contribution >= 4 is 23.7 Å². The van der Waals surface area contributed by atoms with Crippen molar-refractivity contribution in [2.45, 2.75) is 0 Å². The van der Waals surface area contributed by atoms with Crippen molar-refractivity contribution in [2.24, 2.45) is 5.73 Å². The average molecular weight is 172 g/mol. The van der Waals surface area contributed by atoms with E-state index in [0.717, 1.165) is 11.3 Å². The smallest absolute Gasteiger partial charge is 0.381 e. The summed E-state index contributed by atoms with van der Waals surface area (Å²) >= 11 is 1.04. The van der Waals surface area contributed by atoms with Crippen molar-refractivity contribution < 1.29 is 14.3 Å². The number of aromatic nitrogens is 1. The van der Waals surface area contributed by atoms with E-state index in [-0.39, 0.29) is 10.9 Å². The molecule has 1 aromatic rings. The molecule has 0 atom stereocenters. The summed E-state index contributed by atoms with van der Waals surface area (Å²) in [6, 6.07) is 0. The molecule has 0 aliphatic rings. The Morgan fingerprint density at radius 3 is 3.00 bits per heavy atom. The van der Waals surface area contributed by atoms with Gasteiger partial charge >= 0.3 is 6.09 Å². The summed E-state index contributed by atoms with van der Waals surface area (Å²) in [6.07, 6.45) is -0.374. The van der Waals surface area contributed by atoms with Crippen molar-refractivity contribution in [3.05, 3.63) is 11.1 Å². The summed E-state index contributed by atoms with van der Waals surface area (Å²) in [5.41, 5.74) is 4.92. The largest absolute Gasteiger partial charge is 0.411 e. The molecule has 0 saturated heterocycles. The van der Waals surface area contributed by atoms with Crippen LogP contribution in [0.25, 0.3) is 0 Å². The highest BCUT2D eigenvalue weighted by atomic mass is 32.1. The molecule has 11 heavy (non-hydrogen) atoms.